The molecule has 1 heterocycles. The van der Waals surface area contributed by atoms with Crippen molar-refractivity contribution in [1.82, 2.24) is 4.98 Å². The molecule has 0 amide bonds. The van der Waals surface area contributed by atoms with Gasteiger partial charge in [-0.25, -0.2) is 0 Å². The molecular formula is C16H12BrNO. The average molecular weight is 314 g/mol. The molecule has 0 bridgehead atoms. The summed E-state index contributed by atoms with van der Waals surface area (Å²) >= 11 is 3.43. The summed E-state index contributed by atoms with van der Waals surface area (Å²) in [5, 5.41) is 12.6. The van der Waals surface area contributed by atoms with E-state index in [1.165, 1.54) is 0 Å². The lowest BCUT2D eigenvalue weighted by Gasteiger charge is -2.14. The van der Waals surface area contributed by atoms with Crippen LogP contribution in [0.3, 0.4) is 0 Å². The second-order valence-electron chi connectivity index (χ2n) is 4.40. The van der Waals surface area contributed by atoms with Gasteiger partial charge in [-0.05, 0) is 34.7 Å². The molecule has 94 valence electrons. The van der Waals surface area contributed by atoms with Crippen LogP contribution in [-0.4, -0.2) is 10.1 Å². The van der Waals surface area contributed by atoms with E-state index >= 15 is 0 Å². The summed E-state index contributed by atoms with van der Waals surface area (Å²) in [5.41, 5.74) is 1.77. The zero-order valence-electron chi connectivity index (χ0n) is 10.1. The highest BCUT2D eigenvalue weighted by atomic mass is 79.9. The van der Waals surface area contributed by atoms with Crippen LogP contribution in [0.4, 0.5) is 0 Å². The van der Waals surface area contributed by atoms with Gasteiger partial charge in [0.15, 0.2) is 0 Å². The molecule has 0 aliphatic carbocycles. The molecule has 1 atom stereocenters. The van der Waals surface area contributed by atoms with Gasteiger partial charge in [-0.15, -0.1) is 0 Å². The fraction of sp³-hybridized carbons (Fsp3) is 0.0625. The molecule has 3 heteroatoms. The van der Waals surface area contributed by atoms with E-state index in [1.807, 2.05) is 54.7 Å². The van der Waals surface area contributed by atoms with E-state index in [2.05, 4.69) is 20.9 Å². The Balaban J connectivity index is 2.14. The van der Waals surface area contributed by atoms with Crippen molar-refractivity contribution in [3.8, 4) is 0 Å². The molecule has 1 N–H and O–H groups in total. The Morgan fingerprint density at radius 1 is 1.05 bits per heavy atom. The van der Waals surface area contributed by atoms with Gasteiger partial charge in [-0.2, -0.15) is 0 Å². The molecule has 2 aromatic carbocycles. The van der Waals surface area contributed by atoms with Crippen molar-refractivity contribution in [2.75, 3.05) is 0 Å². The van der Waals surface area contributed by atoms with Crippen LogP contribution in [-0.2, 0) is 0 Å². The maximum Gasteiger partial charge on any atom is 0.105 e. The predicted octanol–water partition coefficient (Wildman–Crippen LogP) is 4.08. The van der Waals surface area contributed by atoms with Crippen molar-refractivity contribution in [2.45, 2.75) is 6.10 Å². The van der Waals surface area contributed by atoms with Crippen LogP contribution in [0.5, 0.6) is 0 Å². The van der Waals surface area contributed by atoms with Gasteiger partial charge in [0.05, 0.1) is 0 Å². The van der Waals surface area contributed by atoms with Crippen LogP contribution in [0.25, 0.3) is 10.8 Å². The first kappa shape index (κ1) is 12.3. The molecule has 3 rings (SSSR count). The summed E-state index contributed by atoms with van der Waals surface area (Å²) in [7, 11) is 0. The standard InChI is InChI=1S/C16H12BrNO/c17-13-5-1-3-11(9-13)16(19)15-6-2-4-12-10-18-8-7-14(12)15/h1-10,16,19H. The lowest BCUT2D eigenvalue weighted by molar-refractivity contribution is 0.222. The maximum atomic E-state index is 10.6. The molecule has 0 saturated heterocycles. The number of fused-ring (bicyclic) bond motifs is 1. The molecule has 1 aromatic heterocycles. The van der Waals surface area contributed by atoms with Gasteiger partial charge in [-0.3, -0.25) is 4.98 Å². The minimum absolute atomic E-state index is 0.636. The molecule has 0 saturated carbocycles. The number of pyridine rings is 1. The number of aliphatic hydroxyl groups excluding tert-OH is 1. The van der Waals surface area contributed by atoms with Gasteiger partial charge < -0.3 is 5.11 Å². The highest BCUT2D eigenvalue weighted by molar-refractivity contribution is 9.10. The number of rotatable bonds is 2. The molecule has 0 spiro atoms. The molecule has 0 aliphatic heterocycles. The van der Waals surface area contributed by atoms with Crippen molar-refractivity contribution >= 4 is 26.7 Å². The Morgan fingerprint density at radius 2 is 1.89 bits per heavy atom. The van der Waals surface area contributed by atoms with Crippen LogP contribution >= 0.6 is 15.9 Å². The largest absolute Gasteiger partial charge is 0.384 e. The third kappa shape index (κ3) is 2.39. The number of aromatic nitrogens is 1. The Morgan fingerprint density at radius 3 is 2.74 bits per heavy atom. The van der Waals surface area contributed by atoms with E-state index in [-0.39, 0.29) is 0 Å². The van der Waals surface area contributed by atoms with E-state index < -0.39 is 6.10 Å². The molecule has 3 aromatic rings. The summed E-state index contributed by atoms with van der Waals surface area (Å²) in [5.74, 6) is 0. The summed E-state index contributed by atoms with van der Waals surface area (Å²) < 4.78 is 0.964. The number of nitrogens with zero attached hydrogens (tertiary/aromatic N) is 1. The first-order chi connectivity index (χ1) is 9.25. The van der Waals surface area contributed by atoms with Gasteiger partial charge in [0.25, 0.3) is 0 Å². The lowest BCUT2D eigenvalue weighted by atomic mass is 9.97. The molecular weight excluding hydrogens is 302 g/mol. The Kier molecular flexibility index (Phi) is 3.32. The topological polar surface area (TPSA) is 33.1 Å². The van der Waals surface area contributed by atoms with Gasteiger partial charge >= 0.3 is 0 Å². The maximum absolute atomic E-state index is 10.6. The third-order valence-electron chi connectivity index (χ3n) is 3.17. The smallest absolute Gasteiger partial charge is 0.105 e. The van der Waals surface area contributed by atoms with E-state index in [1.54, 1.807) is 6.20 Å². The zero-order chi connectivity index (χ0) is 13.2. The minimum Gasteiger partial charge on any atom is -0.384 e. The summed E-state index contributed by atoms with van der Waals surface area (Å²) in [4.78, 5) is 4.11. The van der Waals surface area contributed by atoms with Crippen molar-refractivity contribution in [1.29, 1.82) is 0 Å². The number of halogens is 1. The summed E-state index contributed by atoms with van der Waals surface area (Å²) in [6.07, 6.45) is 2.93. The van der Waals surface area contributed by atoms with Gasteiger partial charge in [-0.1, -0.05) is 46.3 Å². The first-order valence-corrected chi connectivity index (χ1v) is 6.81. The van der Waals surface area contributed by atoms with Crippen molar-refractivity contribution in [3.63, 3.8) is 0 Å². The van der Waals surface area contributed by atoms with Crippen LogP contribution < -0.4 is 0 Å². The van der Waals surface area contributed by atoms with E-state index in [4.69, 9.17) is 0 Å². The minimum atomic E-state index is -0.636. The zero-order valence-corrected chi connectivity index (χ0v) is 11.7. The summed E-state index contributed by atoms with van der Waals surface area (Å²) in [6, 6.07) is 15.6. The number of hydrogen-bond acceptors (Lipinski definition) is 2. The van der Waals surface area contributed by atoms with E-state index in [9.17, 15) is 5.11 Å². The SMILES string of the molecule is OC(c1cccc(Br)c1)c1cccc2cnccc12. The molecule has 0 fully saturated rings. The Labute approximate surface area is 119 Å². The average Bonchev–Trinajstić information content (AvgIpc) is 2.46. The highest BCUT2D eigenvalue weighted by Gasteiger charge is 2.13. The first-order valence-electron chi connectivity index (χ1n) is 6.02. The number of aliphatic hydroxyl groups is 1. The van der Waals surface area contributed by atoms with E-state index in [0.717, 1.165) is 26.4 Å². The van der Waals surface area contributed by atoms with E-state index in [0.29, 0.717) is 0 Å². The fourth-order valence-electron chi connectivity index (χ4n) is 2.24. The van der Waals surface area contributed by atoms with Crippen LogP contribution in [0.1, 0.15) is 17.2 Å². The van der Waals surface area contributed by atoms with Crippen molar-refractivity contribution < 1.29 is 5.11 Å². The summed E-state index contributed by atoms with van der Waals surface area (Å²) in [6.45, 7) is 0. The molecule has 0 aliphatic rings. The monoisotopic (exact) mass is 313 g/mol. The molecule has 0 radical (unpaired) electrons. The number of hydrogen-bond donors (Lipinski definition) is 1. The van der Waals surface area contributed by atoms with Gasteiger partial charge in [0.1, 0.15) is 6.10 Å². The predicted molar refractivity (Wildman–Crippen MR) is 79.9 cm³/mol. The van der Waals surface area contributed by atoms with Crippen LogP contribution in [0.2, 0.25) is 0 Å². The highest BCUT2D eigenvalue weighted by Crippen LogP contribution is 2.29. The van der Waals surface area contributed by atoms with Crippen molar-refractivity contribution in [3.05, 3.63) is 76.5 Å². The molecule has 2 nitrogen and oxygen atoms in total. The number of benzene rings is 2. The molecule has 19 heavy (non-hydrogen) atoms. The lowest BCUT2D eigenvalue weighted by Crippen LogP contribution is -2.00. The Bertz CT molecular complexity index is 721. The van der Waals surface area contributed by atoms with Gasteiger partial charge in [0.2, 0.25) is 0 Å². The Hall–Kier alpha value is -1.71. The normalized spacial score (nSPS) is 12.5. The van der Waals surface area contributed by atoms with Crippen LogP contribution in [0.15, 0.2) is 65.4 Å². The second-order valence-corrected chi connectivity index (χ2v) is 5.32. The second kappa shape index (κ2) is 5.11. The molecule has 1 unspecified atom stereocenters. The van der Waals surface area contributed by atoms with Crippen molar-refractivity contribution in [2.24, 2.45) is 0 Å². The third-order valence-corrected chi connectivity index (χ3v) is 3.67. The fourth-order valence-corrected chi connectivity index (χ4v) is 2.66. The quantitative estimate of drug-likeness (QED) is 0.773. The van der Waals surface area contributed by atoms with Crippen LogP contribution in [0, 0.1) is 0 Å². The van der Waals surface area contributed by atoms with Gasteiger partial charge in [0, 0.05) is 22.3 Å².